The van der Waals surface area contributed by atoms with Crippen LogP contribution in [0.5, 0.6) is 0 Å². The second-order valence-corrected chi connectivity index (χ2v) is 5.60. The van der Waals surface area contributed by atoms with Crippen LogP contribution in [0.4, 0.5) is 4.79 Å². The average molecular weight is 270 g/mol. The van der Waals surface area contributed by atoms with E-state index in [0.717, 1.165) is 45.4 Å². The van der Waals surface area contributed by atoms with Crippen LogP contribution in [0, 0.1) is 5.92 Å². The summed E-state index contributed by atoms with van der Waals surface area (Å²) in [6.07, 6.45) is 4.21. The van der Waals surface area contributed by atoms with Crippen LogP contribution < -0.4 is 0 Å². The molecular formula is C14H26N2O3. The minimum atomic E-state index is -0.173. The summed E-state index contributed by atoms with van der Waals surface area (Å²) >= 11 is 0. The highest BCUT2D eigenvalue weighted by molar-refractivity contribution is 5.67. The van der Waals surface area contributed by atoms with Crippen molar-refractivity contribution in [2.45, 2.75) is 38.6 Å². The lowest BCUT2D eigenvalue weighted by Gasteiger charge is -2.41. The van der Waals surface area contributed by atoms with Gasteiger partial charge in [0.25, 0.3) is 0 Å². The summed E-state index contributed by atoms with van der Waals surface area (Å²) in [5, 5.41) is 9.28. The number of carbonyl (C=O) groups excluding carboxylic acids is 1. The molecular weight excluding hydrogens is 244 g/mol. The van der Waals surface area contributed by atoms with E-state index < -0.39 is 0 Å². The fourth-order valence-electron chi connectivity index (χ4n) is 3.21. The van der Waals surface area contributed by atoms with Gasteiger partial charge in [-0.2, -0.15) is 0 Å². The summed E-state index contributed by atoms with van der Waals surface area (Å²) in [6.45, 7) is 6.34. The Balaban J connectivity index is 1.78. The Morgan fingerprint density at radius 3 is 2.63 bits per heavy atom. The Morgan fingerprint density at radius 2 is 2.00 bits per heavy atom. The van der Waals surface area contributed by atoms with Crippen LogP contribution in [0.25, 0.3) is 0 Å². The van der Waals surface area contributed by atoms with Crippen LogP contribution in [-0.2, 0) is 4.74 Å². The predicted octanol–water partition coefficient (Wildman–Crippen LogP) is 1.31. The number of likely N-dealkylation sites (tertiary alicyclic amines) is 2. The molecule has 2 aliphatic heterocycles. The predicted molar refractivity (Wildman–Crippen MR) is 73.0 cm³/mol. The number of amides is 1. The monoisotopic (exact) mass is 270 g/mol. The molecule has 5 heteroatoms. The number of nitrogens with zero attached hydrogens (tertiary/aromatic N) is 2. The zero-order valence-electron chi connectivity index (χ0n) is 11.9. The number of hydrogen-bond donors (Lipinski definition) is 1. The van der Waals surface area contributed by atoms with E-state index in [9.17, 15) is 9.90 Å². The van der Waals surface area contributed by atoms with Crippen molar-refractivity contribution in [3.8, 4) is 0 Å². The highest BCUT2D eigenvalue weighted by Gasteiger charge is 2.30. The van der Waals surface area contributed by atoms with Crippen LogP contribution in [0.3, 0.4) is 0 Å². The van der Waals surface area contributed by atoms with Gasteiger partial charge < -0.3 is 14.7 Å². The summed E-state index contributed by atoms with van der Waals surface area (Å²) < 4.78 is 5.04. The second-order valence-electron chi connectivity index (χ2n) is 5.60. The summed E-state index contributed by atoms with van der Waals surface area (Å²) in [4.78, 5) is 16.0. The van der Waals surface area contributed by atoms with E-state index in [-0.39, 0.29) is 6.09 Å². The van der Waals surface area contributed by atoms with Crippen molar-refractivity contribution in [3.63, 3.8) is 0 Å². The fourth-order valence-corrected chi connectivity index (χ4v) is 3.21. The van der Waals surface area contributed by atoms with Gasteiger partial charge in [-0.15, -0.1) is 0 Å². The molecule has 1 amide bonds. The molecule has 0 bridgehead atoms. The van der Waals surface area contributed by atoms with Gasteiger partial charge in [0.1, 0.15) is 0 Å². The molecule has 1 N–H and O–H groups in total. The molecule has 0 spiro atoms. The standard InChI is InChI=1S/C14H26N2O3/c1-2-19-14(18)15-8-5-13(6-9-15)16-7-3-4-12(10-16)11-17/h12-13,17H,2-11H2,1H3. The van der Waals surface area contributed by atoms with E-state index in [1.807, 2.05) is 11.8 Å². The Labute approximate surface area is 115 Å². The number of ether oxygens (including phenoxy) is 1. The average Bonchev–Trinajstić information content (AvgIpc) is 2.48. The largest absolute Gasteiger partial charge is 0.450 e. The van der Waals surface area contributed by atoms with Gasteiger partial charge >= 0.3 is 6.09 Å². The maximum atomic E-state index is 11.6. The smallest absolute Gasteiger partial charge is 0.409 e. The third-order valence-electron chi connectivity index (χ3n) is 4.32. The van der Waals surface area contributed by atoms with Crippen LogP contribution in [0.15, 0.2) is 0 Å². The molecule has 0 aromatic carbocycles. The molecule has 2 heterocycles. The number of aliphatic hydroxyl groups excluding tert-OH is 1. The van der Waals surface area contributed by atoms with E-state index in [2.05, 4.69) is 4.90 Å². The Morgan fingerprint density at radius 1 is 1.26 bits per heavy atom. The molecule has 0 aromatic heterocycles. The molecule has 2 fully saturated rings. The van der Waals surface area contributed by atoms with Crippen LogP contribution in [-0.4, -0.2) is 66.4 Å². The maximum Gasteiger partial charge on any atom is 0.409 e. The molecule has 1 atom stereocenters. The first kappa shape index (κ1) is 14.6. The molecule has 2 rings (SSSR count). The van der Waals surface area contributed by atoms with E-state index in [1.54, 1.807) is 0 Å². The molecule has 0 radical (unpaired) electrons. The number of rotatable bonds is 3. The van der Waals surface area contributed by atoms with Gasteiger partial charge in [0.05, 0.1) is 6.61 Å². The van der Waals surface area contributed by atoms with Crippen molar-refractivity contribution in [1.29, 1.82) is 0 Å². The normalized spacial score (nSPS) is 26.4. The zero-order valence-corrected chi connectivity index (χ0v) is 11.9. The number of aliphatic hydroxyl groups is 1. The van der Waals surface area contributed by atoms with Gasteiger partial charge in [0.15, 0.2) is 0 Å². The lowest BCUT2D eigenvalue weighted by molar-refractivity contribution is 0.0470. The quantitative estimate of drug-likeness (QED) is 0.840. The minimum absolute atomic E-state index is 0.173. The van der Waals surface area contributed by atoms with Gasteiger partial charge in [-0.25, -0.2) is 4.79 Å². The Hall–Kier alpha value is -0.810. The van der Waals surface area contributed by atoms with Crippen LogP contribution >= 0.6 is 0 Å². The summed E-state index contributed by atoms with van der Waals surface area (Å²) in [5.41, 5.74) is 0. The van der Waals surface area contributed by atoms with E-state index in [1.165, 1.54) is 6.42 Å². The molecule has 0 aromatic rings. The Bertz CT molecular complexity index is 290. The molecule has 0 saturated carbocycles. The molecule has 19 heavy (non-hydrogen) atoms. The second kappa shape index (κ2) is 7.10. The topological polar surface area (TPSA) is 53.0 Å². The lowest BCUT2D eigenvalue weighted by atomic mass is 9.94. The van der Waals surface area contributed by atoms with Gasteiger partial charge in [-0.05, 0) is 45.1 Å². The van der Waals surface area contributed by atoms with E-state index >= 15 is 0 Å². The molecule has 5 nitrogen and oxygen atoms in total. The van der Waals surface area contributed by atoms with Crippen molar-refractivity contribution >= 4 is 6.09 Å². The van der Waals surface area contributed by atoms with E-state index in [0.29, 0.717) is 25.2 Å². The summed E-state index contributed by atoms with van der Waals surface area (Å²) in [7, 11) is 0. The number of piperidine rings is 2. The first-order chi connectivity index (χ1) is 9.24. The number of carbonyl (C=O) groups is 1. The third kappa shape index (κ3) is 3.83. The highest BCUT2D eigenvalue weighted by atomic mass is 16.6. The summed E-state index contributed by atoms with van der Waals surface area (Å²) in [6, 6.07) is 0.569. The SMILES string of the molecule is CCOC(=O)N1CCC(N2CCCC(CO)C2)CC1. The fraction of sp³-hybridized carbons (Fsp3) is 0.929. The molecule has 2 saturated heterocycles. The van der Waals surface area contributed by atoms with Gasteiger partial charge in [0, 0.05) is 32.3 Å². The molecule has 110 valence electrons. The van der Waals surface area contributed by atoms with Crippen LogP contribution in [0.1, 0.15) is 32.6 Å². The van der Waals surface area contributed by atoms with Crippen molar-refractivity contribution < 1.29 is 14.6 Å². The zero-order chi connectivity index (χ0) is 13.7. The van der Waals surface area contributed by atoms with Crippen molar-refractivity contribution in [1.82, 2.24) is 9.80 Å². The first-order valence-corrected chi connectivity index (χ1v) is 7.51. The van der Waals surface area contributed by atoms with Gasteiger partial charge in [0.2, 0.25) is 0 Å². The van der Waals surface area contributed by atoms with Crippen molar-refractivity contribution in [2.24, 2.45) is 5.92 Å². The molecule has 0 aliphatic carbocycles. The van der Waals surface area contributed by atoms with Gasteiger partial charge in [-0.3, -0.25) is 4.90 Å². The third-order valence-corrected chi connectivity index (χ3v) is 4.32. The lowest BCUT2D eigenvalue weighted by Crippen LogP contribution is -2.50. The molecule has 1 unspecified atom stereocenters. The van der Waals surface area contributed by atoms with Crippen molar-refractivity contribution in [3.05, 3.63) is 0 Å². The highest BCUT2D eigenvalue weighted by Crippen LogP contribution is 2.23. The van der Waals surface area contributed by atoms with Crippen molar-refractivity contribution in [2.75, 3.05) is 39.4 Å². The number of hydrogen-bond acceptors (Lipinski definition) is 4. The Kier molecular flexibility index (Phi) is 5.45. The van der Waals surface area contributed by atoms with Gasteiger partial charge in [-0.1, -0.05) is 0 Å². The minimum Gasteiger partial charge on any atom is -0.450 e. The van der Waals surface area contributed by atoms with Crippen LogP contribution in [0.2, 0.25) is 0 Å². The first-order valence-electron chi connectivity index (χ1n) is 7.51. The molecule has 2 aliphatic rings. The summed E-state index contributed by atoms with van der Waals surface area (Å²) in [5.74, 6) is 0.442. The maximum absolute atomic E-state index is 11.6. The van der Waals surface area contributed by atoms with E-state index in [4.69, 9.17) is 4.74 Å².